The molecule has 0 spiro atoms. The fraction of sp³-hybridized carbons (Fsp3) is 0.300. The number of hydrogen-bond acceptors (Lipinski definition) is 3. The van der Waals surface area contributed by atoms with Gasteiger partial charge in [0.05, 0.1) is 18.3 Å². The number of hydrogen-bond donors (Lipinski definition) is 1. The summed E-state index contributed by atoms with van der Waals surface area (Å²) in [5, 5.41) is 13.9. The van der Waals surface area contributed by atoms with Gasteiger partial charge in [-0.15, -0.1) is 0 Å². The highest BCUT2D eigenvalue weighted by Crippen LogP contribution is 2.18. The van der Waals surface area contributed by atoms with E-state index < -0.39 is 6.10 Å². The third-order valence-electron chi connectivity index (χ3n) is 2.14. The third kappa shape index (κ3) is 1.49. The van der Waals surface area contributed by atoms with Crippen molar-refractivity contribution >= 4 is 5.52 Å². The minimum absolute atomic E-state index is 0.288. The summed E-state index contributed by atoms with van der Waals surface area (Å²) in [7, 11) is 1.56. The molecule has 0 radical (unpaired) electrons. The molecular formula is C10H12N2O2. The quantitative estimate of drug-likeness (QED) is 0.789. The summed E-state index contributed by atoms with van der Waals surface area (Å²) in [5.41, 5.74) is 1.71. The zero-order valence-electron chi connectivity index (χ0n) is 7.92. The Labute approximate surface area is 81.7 Å². The summed E-state index contributed by atoms with van der Waals surface area (Å²) >= 11 is 0. The van der Waals surface area contributed by atoms with Crippen LogP contribution in [-0.2, 0) is 4.74 Å². The standard InChI is InChI=1S/C10H12N2O2/c1-14-7-10(13)8-6-11-12-5-3-2-4-9(8)12/h2-6,10,13H,7H2,1H3. The number of aromatic nitrogens is 2. The van der Waals surface area contributed by atoms with Gasteiger partial charge in [-0.3, -0.25) is 0 Å². The van der Waals surface area contributed by atoms with Crippen LogP contribution < -0.4 is 0 Å². The largest absolute Gasteiger partial charge is 0.386 e. The fourth-order valence-corrected chi connectivity index (χ4v) is 1.46. The molecule has 74 valence electrons. The van der Waals surface area contributed by atoms with Gasteiger partial charge >= 0.3 is 0 Å². The molecule has 2 rings (SSSR count). The molecule has 4 heteroatoms. The van der Waals surface area contributed by atoms with Crippen molar-refractivity contribution in [1.29, 1.82) is 0 Å². The molecule has 0 fully saturated rings. The van der Waals surface area contributed by atoms with Crippen LogP contribution in [0, 0.1) is 0 Å². The van der Waals surface area contributed by atoms with E-state index >= 15 is 0 Å². The maximum Gasteiger partial charge on any atom is 0.106 e. The lowest BCUT2D eigenvalue weighted by Crippen LogP contribution is -2.04. The third-order valence-corrected chi connectivity index (χ3v) is 2.14. The number of aliphatic hydroxyl groups excluding tert-OH is 1. The van der Waals surface area contributed by atoms with E-state index in [-0.39, 0.29) is 6.61 Å². The Balaban J connectivity index is 2.42. The molecule has 0 saturated heterocycles. The Morgan fingerprint density at radius 1 is 1.57 bits per heavy atom. The van der Waals surface area contributed by atoms with E-state index in [2.05, 4.69) is 5.10 Å². The van der Waals surface area contributed by atoms with E-state index in [1.165, 1.54) is 0 Å². The summed E-state index contributed by atoms with van der Waals surface area (Å²) in [6.45, 7) is 0.288. The molecule has 0 aliphatic heterocycles. The van der Waals surface area contributed by atoms with Crippen molar-refractivity contribution in [3.05, 3.63) is 36.2 Å². The molecule has 1 N–H and O–H groups in total. The highest BCUT2D eigenvalue weighted by atomic mass is 16.5. The first-order valence-electron chi connectivity index (χ1n) is 4.42. The Morgan fingerprint density at radius 3 is 3.21 bits per heavy atom. The zero-order valence-corrected chi connectivity index (χ0v) is 7.92. The second-order valence-electron chi connectivity index (χ2n) is 3.10. The highest BCUT2D eigenvalue weighted by molar-refractivity contribution is 5.54. The van der Waals surface area contributed by atoms with Crippen molar-refractivity contribution in [1.82, 2.24) is 9.61 Å². The van der Waals surface area contributed by atoms with Crippen LogP contribution >= 0.6 is 0 Å². The maximum absolute atomic E-state index is 9.73. The van der Waals surface area contributed by atoms with Crippen LogP contribution in [0.25, 0.3) is 5.52 Å². The van der Waals surface area contributed by atoms with Crippen molar-refractivity contribution in [3.8, 4) is 0 Å². The van der Waals surface area contributed by atoms with E-state index in [9.17, 15) is 5.11 Å². The number of nitrogens with zero attached hydrogens (tertiary/aromatic N) is 2. The number of fused-ring (bicyclic) bond motifs is 1. The number of pyridine rings is 1. The SMILES string of the molecule is COCC(O)c1cnn2ccccc12. The zero-order chi connectivity index (χ0) is 9.97. The predicted molar refractivity (Wildman–Crippen MR) is 52.0 cm³/mol. The van der Waals surface area contributed by atoms with Gasteiger partial charge < -0.3 is 9.84 Å². The van der Waals surface area contributed by atoms with E-state index in [0.29, 0.717) is 0 Å². The number of ether oxygens (including phenoxy) is 1. The molecule has 1 unspecified atom stereocenters. The Hall–Kier alpha value is -1.39. The molecule has 2 aromatic heterocycles. The molecular weight excluding hydrogens is 180 g/mol. The van der Waals surface area contributed by atoms with Gasteiger partial charge in [0.2, 0.25) is 0 Å². The topological polar surface area (TPSA) is 46.8 Å². The van der Waals surface area contributed by atoms with E-state index in [1.54, 1.807) is 17.8 Å². The minimum atomic E-state index is -0.611. The molecule has 0 aliphatic carbocycles. The van der Waals surface area contributed by atoms with E-state index in [0.717, 1.165) is 11.1 Å². The summed E-state index contributed by atoms with van der Waals surface area (Å²) in [5.74, 6) is 0. The average Bonchev–Trinajstić information content (AvgIpc) is 2.61. The molecule has 0 bridgehead atoms. The van der Waals surface area contributed by atoms with Gasteiger partial charge in [-0.05, 0) is 12.1 Å². The predicted octanol–water partition coefficient (Wildman–Crippen LogP) is 1.01. The van der Waals surface area contributed by atoms with Gasteiger partial charge in [-0.25, -0.2) is 4.52 Å². The van der Waals surface area contributed by atoms with Gasteiger partial charge in [0, 0.05) is 18.9 Å². The first-order valence-corrected chi connectivity index (χ1v) is 4.42. The first kappa shape index (κ1) is 9.18. The molecule has 1 atom stereocenters. The van der Waals surface area contributed by atoms with Crippen LogP contribution in [0.1, 0.15) is 11.7 Å². The number of rotatable bonds is 3. The van der Waals surface area contributed by atoms with Gasteiger partial charge in [0.1, 0.15) is 6.10 Å². The highest BCUT2D eigenvalue weighted by Gasteiger charge is 2.12. The van der Waals surface area contributed by atoms with Crippen molar-refractivity contribution in [2.75, 3.05) is 13.7 Å². The molecule has 4 nitrogen and oxygen atoms in total. The normalized spacial score (nSPS) is 13.3. The van der Waals surface area contributed by atoms with Crippen molar-refractivity contribution in [2.24, 2.45) is 0 Å². The molecule has 2 heterocycles. The number of aliphatic hydroxyl groups is 1. The molecule has 0 amide bonds. The second-order valence-corrected chi connectivity index (χ2v) is 3.10. The minimum Gasteiger partial charge on any atom is -0.386 e. The lowest BCUT2D eigenvalue weighted by Gasteiger charge is -2.06. The summed E-state index contributed by atoms with van der Waals surface area (Å²) in [6, 6.07) is 5.73. The maximum atomic E-state index is 9.73. The van der Waals surface area contributed by atoms with E-state index in [1.807, 2.05) is 24.4 Å². The van der Waals surface area contributed by atoms with Gasteiger partial charge in [-0.1, -0.05) is 6.07 Å². The van der Waals surface area contributed by atoms with Crippen molar-refractivity contribution in [3.63, 3.8) is 0 Å². The fourth-order valence-electron chi connectivity index (χ4n) is 1.46. The van der Waals surface area contributed by atoms with Crippen LogP contribution in [0.15, 0.2) is 30.6 Å². The summed E-state index contributed by atoms with van der Waals surface area (Å²) in [4.78, 5) is 0. The molecule has 0 aliphatic rings. The Bertz CT molecular complexity index is 425. The molecule has 14 heavy (non-hydrogen) atoms. The average molecular weight is 192 g/mol. The summed E-state index contributed by atoms with van der Waals surface area (Å²) in [6.07, 6.45) is 2.90. The van der Waals surface area contributed by atoms with Crippen molar-refractivity contribution in [2.45, 2.75) is 6.10 Å². The van der Waals surface area contributed by atoms with Gasteiger partial charge in [-0.2, -0.15) is 5.10 Å². The smallest absolute Gasteiger partial charge is 0.106 e. The van der Waals surface area contributed by atoms with Crippen LogP contribution in [0.4, 0.5) is 0 Å². The van der Waals surface area contributed by atoms with Gasteiger partial charge in [0.15, 0.2) is 0 Å². The summed E-state index contributed by atoms with van der Waals surface area (Å²) < 4.78 is 6.62. The van der Waals surface area contributed by atoms with Crippen LogP contribution in [0.5, 0.6) is 0 Å². The second kappa shape index (κ2) is 3.77. The first-order chi connectivity index (χ1) is 6.83. The molecule has 2 aromatic rings. The lowest BCUT2D eigenvalue weighted by atomic mass is 10.1. The van der Waals surface area contributed by atoms with Crippen molar-refractivity contribution < 1.29 is 9.84 Å². The van der Waals surface area contributed by atoms with Crippen LogP contribution in [-0.4, -0.2) is 28.4 Å². The van der Waals surface area contributed by atoms with Gasteiger partial charge in [0.25, 0.3) is 0 Å². The van der Waals surface area contributed by atoms with Crippen LogP contribution in [0.2, 0.25) is 0 Å². The number of methoxy groups -OCH3 is 1. The lowest BCUT2D eigenvalue weighted by molar-refractivity contribution is 0.0652. The monoisotopic (exact) mass is 192 g/mol. The Kier molecular flexibility index (Phi) is 2.47. The molecule has 0 saturated carbocycles. The Morgan fingerprint density at radius 2 is 2.43 bits per heavy atom. The molecule has 0 aromatic carbocycles. The van der Waals surface area contributed by atoms with E-state index in [4.69, 9.17) is 4.74 Å². The van der Waals surface area contributed by atoms with Crippen LogP contribution in [0.3, 0.4) is 0 Å².